The lowest BCUT2D eigenvalue weighted by Gasteiger charge is -2.05. The minimum Gasteiger partial charge on any atom is -0.204 e. The Bertz CT molecular complexity index is 896. The van der Waals surface area contributed by atoms with E-state index in [4.69, 9.17) is 21.0 Å². The van der Waals surface area contributed by atoms with Crippen LogP contribution in [-0.2, 0) is 0 Å². The number of benzene rings is 1. The van der Waals surface area contributed by atoms with Gasteiger partial charge in [-0.05, 0) is 22.8 Å². The molecule has 0 aliphatic heterocycles. The zero-order valence-electron chi connectivity index (χ0n) is 10.7. The van der Waals surface area contributed by atoms with Gasteiger partial charge in [0, 0.05) is 12.0 Å². The van der Waals surface area contributed by atoms with Gasteiger partial charge in [-0.2, -0.15) is 21.0 Å². The van der Waals surface area contributed by atoms with E-state index >= 15 is 0 Å². The van der Waals surface area contributed by atoms with Crippen molar-refractivity contribution in [2.75, 3.05) is 0 Å². The molecule has 0 saturated heterocycles. The Morgan fingerprint density at radius 2 is 1.32 bits per heavy atom. The molecule has 0 fully saturated rings. The van der Waals surface area contributed by atoms with Crippen molar-refractivity contribution in [1.29, 1.82) is 21.0 Å². The van der Waals surface area contributed by atoms with E-state index < -0.39 is 34.2 Å². The quantitative estimate of drug-likeness (QED) is 0.542. The van der Waals surface area contributed by atoms with Crippen LogP contribution in [0.2, 0.25) is 0 Å². The third-order valence-electron chi connectivity index (χ3n) is 3.19. The van der Waals surface area contributed by atoms with Gasteiger partial charge in [0.1, 0.15) is 35.4 Å². The van der Waals surface area contributed by atoms with Crippen molar-refractivity contribution < 1.29 is 13.2 Å². The van der Waals surface area contributed by atoms with Crippen molar-refractivity contribution in [3.63, 3.8) is 0 Å². The summed E-state index contributed by atoms with van der Waals surface area (Å²) in [6.07, 6.45) is -0.304. The minimum absolute atomic E-state index is 0.0456. The number of hydrogen-bond acceptors (Lipinski definition) is 4. The van der Waals surface area contributed by atoms with Gasteiger partial charge in [-0.3, -0.25) is 0 Å². The molecule has 104 valence electrons. The zero-order valence-corrected chi connectivity index (χ0v) is 10.7. The molecule has 1 aliphatic carbocycles. The first-order chi connectivity index (χ1) is 10.5. The van der Waals surface area contributed by atoms with Crippen LogP contribution in [0.5, 0.6) is 0 Å². The Hall–Kier alpha value is -3.55. The summed E-state index contributed by atoms with van der Waals surface area (Å²) in [7, 11) is 0. The Balaban J connectivity index is 3.01. The molecule has 0 atom stereocenters. The number of nitriles is 4. The smallest absolute Gasteiger partial charge is 0.195 e. The molecular weight excluding hydrogens is 293 g/mol. The number of rotatable bonds is 0. The second-order valence-electron chi connectivity index (χ2n) is 4.24. The van der Waals surface area contributed by atoms with Crippen LogP contribution in [0, 0.1) is 62.8 Å². The largest absolute Gasteiger partial charge is 0.204 e. The molecule has 0 spiro atoms. The highest BCUT2D eigenvalue weighted by molar-refractivity contribution is 5.98. The predicted molar refractivity (Wildman–Crippen MR) is 67.2 cm³/mol. The van der Waals surface area contributed by atoms with Gasteiger partial charge >= 0.3 is 0 Å². The fourth-order valence-electron chi connectivity index (χ4n) is 2.24. The maximum Gasteiger partial charge on any atom is 0.195 e. The topological polar surface area (TPSA) is 95.2 Å². The fourth-order valence-corrected chi connectivity index (χ4v) is 2.24. The van der Waals surface area contributed by atoms with E-state index in [1.807, 2.05) is 0 Å². The highest BCUT2D eigenvalue weighted by Gasteiger charge is 2.33. The summed E-state index contributed by atoms with van der Waals surface area (Å²) >= 11 is 0. The van der Waals surface area contributed by atoms with Gasteiger partial charge in [-0.15, -0.1) is 0 Å². The van der Waals surface area contributed by atoms with E-state index in [1.165, 1.54) is 12.1 Å². The molecule has 2 rings (SSSR count). The molecule has 1 aromatic carbocycles. The lowest BCUT2D eigenvalue weighted by molar-refractivity contribution is 0.445. The standard InChI is InChI=1S/C15H3F3N4/c16-12-2-11-9(7(3-19)4-20)1-10(8(5-21)6-22)13(11)15(18)14(12)17/h2H,1H2. The number of allylic oxidation sites excluding steroid dienone is 4. The van der Waals surface area contributed by atoms with Gasteiger partial charge in [0.2, 0.25) is 0 Å². The Morgan fingerprint density at radius 1 is 0.818 bits per heavy atom. The summed E-state index contributed by atoms with van der Waals surface area (Å²) in [5.74, 6) is -4.79. The molecule has 0 amide bonds. The van der Waals surface area contributed by atoms with Crippen molar-refractivity contribution in [3.05, 3.63) is 45.8 Å². The number of fused-ring (bicyclic) bond motifs is 1. The maximum absolute atomic E-state index is 14.0. The average Bonchev–Trinajstić information content (AvgIpc) is 2.87. The molecule has 0 N–H and O–H groups in total. The van der Waals surface area contributed by atoms with Crippen LogP contribution in [0.15, 0.2) is 17.2 Å². The van der Waals surface area contributed by atoms with Crippen molar-refractivity contribution in [1.82, 2.24) is 0 Å². The number of nitrogens with zero attached hydrogens (tertiary/aromatic N) is 4. The predicted octanol–water partition coefficient (Wildman–Crippen LogP) is 3.11. The fraction of sp³-hybridized carbons (Fsp3) is 0.0667. The molecule has 4 nitrogen and oxygen atoms in total. The first-order valence-corrected chi connectivity index (χ1v) is 5.75. The van der Waals surface area contributed by atoms with Crippen LogP contribution in [0.25, 0.3) is 11.1 Å². The summed E-state index contributed by atoms with van der Waals surface area (Å²) in [4.78, 5) is 0. The summed E-state index contributed by atoms with van der Waals surface area (Å²) in [5.41, 5.74) is -1.79. The Morgan fingerprint density at radius 3 is 1.82 bits per heavy atom. The molecule has 1 aromatic rings. The van der Waals surface area contributed by atoms with E-state index in [0.29, 0.717) is 6.07 Å². The van der Waals surface area contributed by atoms with E-state index in [0.717, 1.165) is 0 Å². The van der Waals surface area contributed by atoms with Crippen molar-refractivity contribution in [2.45, 2.75) is 6.42 Å². The van der Waals surface area contributed by atoms with E-state index in [2.05, 4.69) is 0 Å². The molecule has 0 saturated carbocycles. The summed E-state index contributed by atoms with van der Waals surface area (Å²) in [6.45, 7) is 0. The van der Waals surface area contributed by atoms with Crippen LogP contribution in [-0.4, -0.2) is 0 Å². The summed E-state index contributed by atoms with van der Waals surface area (Å²) in [5, 5.41) is 35.6. The highest BCUT2D eigenvalue weighted by Crippen LogP contribution is 2.45. The van der Waals surface area contributed by atoms with Crippen LogP contribution in [0.4, 0.5) is 13.2 Å². The number of halogens is 3. The van der Waals surface area contributed by atoms with Gasteiger partial charge < -0.3 is 0 Å². The molecule has 22 heavy (non-hydrogen) atoms. The van der Waals surface area contributed by atoms with Crippen LogP contribution in [0.3, 0.4) is 0 Å². The van der Waals surface area contributed by atoms with E-state index in [1.54, 1.807) is 12.1 Å². The maximum atomic E-state index is 14.0. The molecule has 0 bridgehead atoms. The van der Waals surface area contributed by atoms with Gasteiger partial charge in [-0.1, -0.05) is 0 Å². The Kier molecular flexibility index (Phi) is 3.68. The van der Waals surface area contributed by atoms with E-state index in [9.17, 15) is 13.2 Å². The second kappa shape index (κ2) is 5.44. The highest BCUT2D eigenvalue weighted by atomic mass is 19.2. The molecule has 0 aromatic heterocycles. The zero-order chi connectivity index (χ0) is 16.4. The average molecular weight is 296 g/mol. The van der Waals surface area contributed by atoms with Crippen LogP contribution >= 0.6 is 0 Å². The summed E-state index contributed by atoms with van der Waals surface area (Å²) < 4.78 is 40.9. The lowest BCUT2D eigenvalue weighted by atomic mass is 10.0. The second-order valence-corrected chi connectivity index (χ2v) is 4.24. The lowest BCUT2D eigenvalue weighted by Crippen LogP contribution is -1.98. The third kappa shape index (κ3) is 1.99. The molecule has 7 heteroatoms. The van der Waals surface area contributed by atoms with Gasteiger partial charge in [0.25, 0.3) is 0 Å². The van der Waals surface area contributed by atoms with Crippen molar-refractivity contribution in [2.24, 2.45) is 0 Å². The van der Waals surface area contributed by atoms with E-state index in [-0.39, 0.29) is 23.1 Å². The number of hydrogen-bond donors (Lipinski definition) is 0. The van der Waals surface area contributed by atoms with Gasteiger partial charge in [0.05, 0.1) is 0 Å². The van der Waals surface area contributed by atoms with Crippen molar-refractivity contribution >= 4 is 11.1 Å². The monoisotopic (exact) mass is 296 g/mol. The first-order valence-electron chi connectivity index (χ1n) is 5.75. The van der Waals surface area contributed by atoms with Crippen LogP contribution < -0.4 is 0 Å². The third-order valence-corrected chi connectivity index (χ3v) is 3.19. The van der Waals surface area contributed by atoms with Gasteiger partial charge in [0.15, 0.2) is 17.5 Å². The van der Waals surface area contributed by atoms with Gasteiger partial charge in [-0.25, -0.2) is 13.2 Å². The first kappa shape index (κ1) is 14.9. The molecule has 0 radical (unpaired) electrons. The summed E-state index contributed by atoms with van der Waals surface area (Å²) in [6, 6.07) is 6.88. The molecule has 0 unspecified atom stereocenters. The molecule has 1 aliphatic rings. The minimum atomic E-state index is -1.75. The Labute approximate surface area is 122 Å². The van der Waals surface area contributed by atoms with Crippen molar-refractivity contribution in [3.8, 4) is 24.3 Å². The molecular formula is C15H3F3N4. The normalized spacial score (nSPS) is 11.8. The molecule has 0 heterocycles. The SMILES string of the molecule is N#CC(C#N)=C1CC(=C(C#N)C#N)c2c1cc(F)c(F)c2F. The van der Waals surface area contributed by atoms with Crippen LogP contribution in [0.1, 0.15) is 17.5 Å².